The van der Waals surface area contributed by atoms with Crippen LogP contribution in [-0.4, -0.2) is 18.9 Å². The van der Waals surface area contributed by atoms with Crippen LogP contribution >= 0.6 is 0 Å². The number of hydrogen-bond acceptors (Lipinski definition) is 1. The zero-order chi connectivity index (χ0) is 20.1. The Morgan fingerprint density at radius 3 is 1.93 bits per heavy atom. The van der Waals surface area contributed by atoms with Gasteiger partial charge in [0.05, 0.1) is 12.2 Å². The Hall–Kier alpha value is -0.580. The molecule has 0 radical (unpaired) electrons. The summed E-state index contributed by atoms with van der Waals surface area (Å²) in [5.41, 5.74) is 0. The largest absolute Gasteiger partial charge is 0.412 e. The van der Waals surface area contributed by atoms with E-state index in [0.717, 1.165) is 25.4 Å². The fraction of sp³-hybridized carbons (Fsp3) is 0.913. The first kappa shape index (κ1) is 22.1. The molecule has 1 saturated heterocycles. The molecule has 2 unspecified atom stereocenters. The van der Waals surface area contributed by atoms with Gasteiger partial charge in [-0.15, -0.1) is 0 Å². The fourth-order valence-corrected chi connectivity index (χ4v) is 5.96. The van der Waals surface area contributed by atoms with Crippen LogP contribution in [0, 0.1) is 29.6 Å². The zero-order valence-corrected chi connectivity index (χ0v) is 17.2. The van der Waals surface area contributed by atoms with Gasteiger partial charge in [-0.25, -0.2) is 4.39 Å². The van der Waals surface area contributed by atoms with Crippen molar-refractivity contribution in [2.24, 2.45) is 29.6 Å². The first-order valence-corrected chi connectivity index (χ1v) is 11.4. The lowest BCUT2D eigenvalue weighted by Crippen LogP contribution is -2.35. The molecule has 3 rings (SSSR count). The minimum Gasteiger partial charge on any atom is -0.378 e. The van der Waals surface area contributed by atoms with Crippen LogP contribution in [0.3, 0.4) is 0 Å². The predicted octanol–water partition coefficient (Wildman–Crippen LogP) is 7.61. The Morgan fingerprint density at radius 1 is 0.857 bits per heavy atom. The summed E-state index contributed by atoms with van der Waals surface area (Å²) in [5, 5.41) is 0. The highest BCUT2D eigenvalue weighted by molar-refractivity contribution is 5.03. The maximum atomic E-state index is 13.8. The van der Waals surface area contributed by atoms with Gasteiger partial charge in [0, 0.05) is 12.5 Å². The Morgan fingerprint density at radius 2 is 1.43 bits per heavy atom. The third kappa shape index (κ3) is 6.21. The molecule has 0 spiro atoms. The second-order valence-electron chi connectivity index (χ2n) is 9.46. The molecular formula is C23H36F4O. The molecule has 1 heterocycles. The first-order valence-electron chi connectivity index (χ1n) is 11.4. The van der Waals surface area contributed by atoms with E-state index < -0.39 is 17.9 Å². The maximum absolute atomic E-state index is 13.8. The number of ether oxygens (including phenoxy) is 1. The highest BCUT2D eigenvalue weighted by atomic mass is 19.4. The lowest BCUT2D eigenvalue weighted by atomic mass is 9.68. The fourth-order valence-electron chi connectivity index (χ4n) is 5.96. The van der Waals surface area contributed by atoms with Crippen LogP contribution in [0.5, 0.6) is 0 Å². The van der Waals surface area contributed by atoms with Gasteiger partial charge in [0.1, 0.15) is 5.83 Å². The lowest BCUT2D eigenvalue weighted by molar-refractivity contribution is -0.0822. The van der Waals surface area contributed by atoms with E-state index in [1.165, 1.54) is 51.4 Å². The van der Waals surface area contributed by atoms with Gasteiger partial charge in [-0.2, -0.15) is 13.2 Å². The summed E-state index contributed by atoms with van der Waals surface area (Å²) in [6, 6.07) is 0. The zero-order valence-electron chi connectivity index (χ0n) is 17.2. The van der Waals surface area contributed by atoms with Gasteiger partial charge < -0.3 is 4.74 Å². The standard InChI is InChI=1S/C23H36F4O/c1-2-3-16-4-13-22(28-15-16)20-11-7-18(8-12-20)17-5-9-19(10-6-17)21(24)14-23(25,26)27/h14,16-20,22H,2-13,15H2,1H3. The van der Waals surface area contributed by atoms with Crippen molar-refractivity contribution in [2.45, 2.75) is 96.3 Å². The molecule has 1 nitrogen and oxygen atoms in total. The summed E-state index contributed by atoms with van der Waals surface area (Å²) in [5.74, 6) is 1.17. The van der Waals surface area contributed by atoms with Crippen LogP contribution in [-0.2, 0) is 4.74 Å². The molecule has 28 heavy (non-hydrogen) atoms. The number of hydrogen-bond donors (Lipinski definition) is 0. The van der Waals surface area contributed by atoms with Gasteiger partial charge in [0.15, 0.2) is 0 Å². The van der Waals surface area contributed by atoms with Crippen molar-refractivity contribution in [3.63, 3.8) is 0 Å². The second-order valence-corrected chi connectivity index (χ2v) is 9.46. The molecule has 0 aromatic carbocycles. The summed E-state index contributed by atoms with van der Waals surface area (Å²) in [7, 11) is 0. The highest BCUT2D eigenvalue weighted by Crippen LogP contribution is 2.45. The van der Waals surface area contributed by atoms with E-state index in [1.54, 1.807) is 0 Å². The van der Waals surface area contributed by atoms with Crippen molar-refractivity contribution < 1.29 is 22.3 Å². The monoisotopic (exact) mass is 404 g/mol. The molecule has 0 aromatic heterocycles. The van der Waals surface area contributed by atoms with Crippen molar-refractivity contribution in [3.05, 3.63) is 11.9 Å². The molecule has 5 heteroatoms. The molecule has 0 N–H and O–H groups in total. The molecular weight excluding hydrogens is 368 g/mol. The molecule has 2 atom stereocenters. The summed E-state index contributed by atoms with van der Waals surface area (Å²) in [6.07, 6.45) is 8.50. The van der Waals surface area contributed by atoms with Crippen LogP contribution in [0.1, 0.15) is 84.0 Å². The minimum absolute atomic E-state index is 0.140. The van der Waals surface area contributed by atoms with E-state index in [0.29, 0.717) is 36.7 Å². The third-order valence-corrected chi connectivity index (χ3v) is 7.57. The van der Waals surface area contributed by atoms with Gasteiger partial charge >= 0.3 is 6.18 Å². The van der Waals surface area contributed by atoms with Crippen LogP contribution in [0.2, 0.25) is 0 Å². The summed E-state index contributed by atoms with van der Waals surface area (Å²) in [4.78, 5) is 0. The van der Waals surface area contributed by atoms with E-state index in [-0.39, 0.29) is 6.08 Å². The molecule has 2 saturated carbocycles. The minimum atomic E-state index is -4.54. The maximum Gasteiger partial charge on any atom is 0.412 e. The quantitative estimate of drug-likeness (QED) is 0.428. The van der Waals surface area contributed by atoms with Crippen molar-refractivity contribution >= 4 is 0 Å². The Labute approximate surface area is 167 Å². The first-order chi connectivity index (χ1) is 13.4. The van der Waals surface area contributed by atoms with Crippen molar-refractivity contribution in [1.29, 1.82) is 0 Å². The highest BCUT2D eigenvalue weighted by Gasteiger charge is 2.36. The van der Waals surface area contributed by atoms with Gasteiger partial charge in [-0.3, -0.25) is 0 Å². The van der Waals surface area contributed by atoms with Crippen LogP contribution in [0.15, 0.2) is 11.9 Å². The Bertz CT molecular complexity index is 491. The molecule has 3 aliphatic rings. The SMILES string of the molecule is CCCC1CCC(C2CCC(C3CCC(C(F)=CC(F)(F)F)CC3)CC2)OC1. The molecule has 0 aromatic rings. The summed E-state index contributed by atoms with van der Waals surface area (Å²) in [6.45, 7) is 3.17. The van der Waals surface area contributed by atoms with Gasteiger partial charge in [-0.1, -0.05) is 13.3 Å². The van der Waals surface area contributed by atoms with Crippen LogP contribution < -0.4 is 0 Å². The van der Waals surface area contributed by atoms with E-state index >= 15 is 0 Å². The van der Waals surface area contributed by atoms with Crippen molar-refractivity contribution in [1.82, 2.24) is 0 Å². The normalized spacial score (nSPS) is 38.4. The lowest BCUT2D eigenvalue weighted by Gasteiger charge is -2.41. The summed E-state index contributed by atoms with van der Waals surface area (Å²) >= 11 is 0. The molecule has 0 bridgehead atoms. The average Bonchev–Trinajstić information content (AvgIpc) is 2.68. The van der Waals surface area contributed by atoms with Crippen molar-refractivity contribution in [2.75, 3.05) is 6.61 Å². The van der Waals surface area contributed by atoms with E-state index in [1.807, 2.05) is 0 Å². The Balaban J connectivity index is 1.39. The molecule has 1 aliphatic heterocycles. The number of rotatable bonds is 5. The molecule has 162 valence electrons. The van der Waals surface area contributed by atoms with Crippen LogP contribution in [0.4, 0.5) is 17.6 Å². The smallest absolute Gasteiger partial charge is 0.378 e. The third-order valence-electron chi connectivity index (χ3n) is 7.57. The molecule has 2 aliphatic carbocycles. The second kappa shape index (κ2) is 9.95. The number of allylic oxidation sites excluding steroid dienone is 2. The van der Waals surface area contributed by atoms with Gasteiger partial charge in [0.2, 0.25) is 0 Å². The Kier molecular flexibility index (Phi) is 7.86. The molecule has 0 amide bonds. The van der Waals surface area contributed by atoms with Crippen molar-refractivity contribution in [3.8, 4) is 0 Å². The average molecular weight is 405 g/mol. The van der Waals surface area contributed by atoms with E-state index in [4.69, 9.17) is 4.74 Å². The predicted molar refractivity (Wildman–Crippen MR) is 104 cm³/mol. The van der Waals surface area contributed by atoms with E-state index in [9.17, 15) is 17.6 Å². The van der Waals surface area contributed by atoms with Crippen LogP contribution in [0.25, 0.3) is 0 Å². The topological polar surface area (TPSA) is 9.23 Å². The number of alkyl halides is 3. The van der Waals surface area contributed by atoms with Gasteiger partial charge in [0.25, 0.3) is 0 Å². The van der Waals surface area contributed by atoms with Gasteiger partial charge in [-0.05, 0) is 94.3 Å². The molecule has 3 fully saturated rings. The number of halogens is 4. The summed E-state index contributed by atoms with van der Waals surface area (Å²) < 4.78 is 57.1. The van der Waals surface area contributed by atoms with E-state index in [2.05, 4.69) is 6.92 Å².